The topological polar surface area (TPSA) is 55.1 Å². The minimum absolute atomic E-state index is 0.103. The van der Waals surface area contributed by atoms with Crippen molar-refractivity contribution in [3.8, 4) is 0 Å². The summed E-state index contributed by atoms with van der Waals surface area (Å²) in [6.07, 6.45) is 4.70. The number of nitrogen functional groups attached to an aromatic ring is 1. The zero-order valence-electron chi connectivity index (χ0n) is 11.8. The number of hydrogen-bond donors (Lipinski definition) is 2. The van der Waals surface area contributed by atoms with Gasteiger partial charge in [0.2, 0.25) is 5.91 Å². The molecule has 0 aliphatic rings. The molecule has 0 bridgehead atoms. The van der Waals surface area contributed by atoms with Crippen LogP contribution in [-0.2, 0) is 4.79 Å². The number of rotatable bonds is 8. The Kier molecular flexibility index (Phi) is 7.41. The van der Waals surface area contributed by atoms with Gasteiger partial charge in [0.05, 0.1) is 5.75 Å². The molecule has 0 fully saturated rings. The second kappa shape index (κ2) is 8.86. The van der Waals surface area contributed by atoms with Crippen molar-refractivity contribution in [1.29, 1.82) is 0 Å². The predicted octanol–water partition coefficient (Wildman–Crippen LogP) is 3.45. The quantitative estimate of drug-likeness (QED) is 0.436. The number of nitrogens with one attached hydrogen (secondary N) is 1. The van der Waals surface area contributed by atoms with Crippen LogP contribution in [0.2, 0.25) is 0 Å². The van der Waals surface area contributed by atoms with Gasteiger partial charge in [0.15, 0.2) is 0 Å². The minimum atomic E-state index is 0.103. The van der Waals surface area contributed by atoms with E-state index in [-0.39, 0.29) is 11.9 Å². The molecule has 1 aromatic carbocycles. The maximum atomic E-state index is 11.8. The highest BCUT2D eigenvalue weighted by Crippen LogP contribution is 2.18. The molecule has 0 saturated carbocycles. The third-order valence-corrected chi connectivity index (χ3v) is 3.91. The van der Waals surface area contributed by atoms with Crippen molar-refractivity contribution in [1.82, 2.24) is 5.32 Å². The summed E-state index contributed by atoms with van der Waals surface area (Å²) >= 11 is 1.54. The highest BCUT2D eigenvalue weighted by atomic mass is 32.2. The van der Waals surface area contributed by atoms with E-state index < -0.39 is 0 Å². The van der Waals surface area contributed by atoms with E-state index in [2.05, 4.69) is 19.2 Å². The molecule has 1 amide bonds. The van der Waals surface area contributed by atoms with Crippen LogP contribution in [0, 0.1) is 0 Å². The molecule has 3 N–H and O–H groups in total. The van der Waals surface area contributed by atoms with Crippen molar-refractivity contribution >= 4 is 23.4 Å². The monoisotopic (exact) mass is 280 g/mol. The van der Waals surface area contributed by atoms with E-state index >= 15 is 0 Å². The lowest BCUT2D eigenvalue weighted by molar-refractivity contribution is -0.119. The second-order valence-corrected chi connectivity index (χ2v) is 5.87. The number of unbranched alkanes of at least 4 members (excludes halogenated alkanes) is 2. The van der Waals surface area contributed by atoms with Gasteiger partial charge in [0, 0.05) is 16.6 Å². The highest BCUT2D eigenvalue weighted by Gasteiger charge is 2.07. The fraction of sp³-hybridized carbons (Fsp3) is 0.533. The number of amides is 1. The molecule has 0 aromatic heterocycles. The first-order valence-corrected chi connectivity index (χ1v) is 7.88. The molecule has 1 rings (SSSR count). The van der Waals surface area contributed by atoms with E-state index in [9.17, 15) is 4.79 Å². The predicted molar refractivity (Wildman–Crippen MR) is 83.3 cm³/mol. The molecule has 4 heteroatoms. The Labute approximate surface area is 120 Å². The standard InChI is InChI=1S/C15H24N2OS/c1-3-4-5-6-12(2)17-15(18)11-19-14-9-7-13(16)8-10-14/h7-10,12H,3-6,11,16H2,1-2H3,(H,17,18). The Morgan fingerprint density at radius 2 is 2.00 bits per heavy atom. The Hall–Kier alpha value is -1.16. The van der Waals surface area contributed by atoms with Gasteiger partial charge >= 0.3 is 0 Å². The number of carbonyl (C=O) groups excluding carboxylic acids is 1. The minimum Gasteiger partial charge on any atom is -0.399 e. The smallest absolute Gasteiger partial charge is 0.230 e. The van der Waals surface area contributed by atoms with Crippen LogP contribution in [0.3, 0.4) is 0 Å². The first-order chi connectivity index (χ1) is 9.11. The van der Waals surface area contributed by atoms with Crippen LogP contribution >= 0.6 is 11.8 Å². The molecule has 1 unspecified atom stereocenters. The van der Waals surface area contributed by atoms with Crippen molar-refractivity contribution in [2.45, 2.75) is 50.5 Å². The highest BCUT2D eigenvalue weighted by molar-refractivity contribution is 8.00. The third-order valence-electron chi connectivity index (χ3n) is 2.90. The van der Waals surface area contributed by atoms with Gasteiger partial charge in [0.1, 0.15) is 0 Å². The normalized spacial score (nSPS) is 12.1. The number of carbonyl (C=O) groups is 1. The lowest BCUT2D eigenvalue weighted by Crippen LogP contribution is -2.33. The molecule has 3 nitrogen and oxygen atoms in total. The fourth-order valence-corrected chi connectivity index (χ4v) is 2.51. The Morgan fingerprint density at radius 1 is 1.32 bits per heavy atom. The Balaban J connectivity index is 2.22. The summed E-state index contributed by atoms with van der Waals surface area (Å²) in [5.41, 5.74) is 6.37. The molecule has 0 heterocycles. The van der Waals surface area contributed by atoms with Crippen LogP contribution in [-0.4, -0.2) is 17.7 Å². The fourth-order valence-electron chi connectivity index (χ4n) is 1.80. The van der Waals surface area contributed by atoms with Gasteiger partial charge in [-0.05, 0) is 37.6 Å². The summed E-state index contributed by atoms with van der Waals surface area (Å²) in [5, 5.41) is 3.04. The van der Waals surface area contributed by atoms with Crippen molar-refractivity contribution in [3.63, 3.8) is 0 Å². The molecular weight excluding hydrogens is 256 g/mol. The van der Waals surface area contributed by atoms with E-state index in [1.165, 1.54) is 31.0 Å². The van der Waals surface area contributed by atoms with Crippen LogP contribution in [0.25, 0.3) is 0 Å². The number of thioether (sulfide) groups is 1. The molecule has 1 aromatic rings. The van der Waals surface area contributed by atoms with Gasteiger partial charge in [-0.1, -0.05) is 26.2 Å². The number of anilines is 1. The van der Waals surface area contributed by atoms with Crippen LogP contribution in [0.15, 0.2) is 29.2 Å². The van der Waals surface area contributed by atoms with E-state index in [0.29, 0.717) is 5.75 Å². The third kappa shape index (κ3) is 7.11. The molecule has 1 atom stereocenters. The van der Waals surface area contributed by atoms with Crippen molar-refractivity contribution in [2.24, 2.45) is 0 Å². The molecule has 0 spiro atoms. The summed E-state index contributed by atoms with van der Waals surface area (Å²) in [4.78, 5) is 12.8. The van der Waals surface area contributed by atoms with E-state index in [1.807, 2.05) is 24.3 Å². The van der Waals surface area contributed by atoms with E-state index in [4.69, 9.17) is 5.73 Å². The summed E-state index contributed by atoms with van der Waals surface area (Å²) in [7, 11) is 0. The van der Waals surface area contributed by atoms with Gasteiger partial charge in [-0.2, -0.15) is 0 Å². The summed E-state index contributed by atoms with van der Waals surface area (Å²) < 4.78 is 0. The average molecular weight is 280 g/mol. The largest absolute Gasteiger partial charge is 0.399 e. The van der Waals surface area contributed by atoms with Crippen LogP contribution in [0.1, 0.15) is 39.5 Å². The average Bonchev–Trinajstić information content (AvgIpc) is 2.38. The number of nitrogens with two attached hydrogens (primary N) is 1. The lowest BCUT2D eigenvalue weighted by atomic mass is 10.1. The van der Waals surface area contributed by atoms with Crippen LogP contribution < -0.4 is 11.1 Å². The van der Waals surface area contributed by atoms with Gasteiger partial charge in [-0.25, -0.2) is 0 Å². The first kappa shape index (κ1) is 15.9. The van der Waals surface area contributed by atoms with Crippen molar-refractivity contribution < 1.29 is 4.79 Å². The van der Waals surface area contributed by atoms with Crippen LogP contribution in [0.4, 0.5) is 5.69 Å². The zero-order chi connectivity index (χ0) is 14.1. The first-order valence-electron chi connectivity index (χ1n) is 6.89. The second-order valence-electron chi connectivity index (χ2n) is 4.82. The molecule has 0 saturated heterocycles. The maximum Gasteiger partial charge on any atom is 0.230 e. The van der Waals surface area contributed by atoms with Crippen LogP contribution in [0.5, 0.6) is 0 Å². The summed E-state index contributed by atoms with van der Waals surface area (Å²) in [5.74, 6) is 0.563. The van der Waals surface area contributed by atoms with E-state index in [0.717, 1.165) is 17.0 Å². The number of hydrogen-bond acceptors (Lipinski definition) is 3. The molecule has 0 aliphatic carbocycles. The molecule has 106 valence electrons. The SMILES string of the molecule is CCCCCC(C)NC(=O)CSc1ccc(N)cc1. The summed E-state index contributed by atoms with van der Waals surface area (Å²) in [6, 6.07) is 7.86. The lowest BCUT2D eigenvalue weighted by Gasteiger charge is -2.13. The summed E-state index contributed by atoms with van der Waals surface area (Å²) in [6.45, 7) is 4.26. The molecule has 0 radical (unpaired) electrons. The molecule has 0 aliphatic heterocycles. The van der Waals surface area contributed by atoms with Gasteiger partial charge in [-0.3, -0.25) is 4.79 Å². The molecule has 19 heavy (non-hydrogen) atoms. The Bertz CT molecular complexity index is 378. The van der Waals surface area contributed by atoms with E-state index in [1.54, 1.807) is 0 Å². The van der Waals surface area contributed by atoms with Gasteiger partial charge < -0.3 is 11.1 Å². The van der Waals surface area contributed by atoms with Crippen molar-refractivity contribution in [2.75, 3.05) is 11.5 Å². The zero-order valence-corrected chi connectivity index (χ0v) is 12.6. The van der Waals surface area contributed by atoms with Gasteiger partial charge in [-0.15, -0.1) is 11.8 Å². The number of benzene rings is 1. The maximum absolute atomic E-state index is 11.8. The van der Waals surface area contributed by atoms with Crippen molar-refractivity contribution in [3.05, 3.63) is 24.3 Å². The Morgan fingerprint density at radius 3 is 2.63 bits per heavy atom. The molecular formula is C15H24N2OS. The van der Waals surface area contributed by atoms with Gasteiger partial charge in [0.25, 0.3) is 0 Å².